The molecule has 1 aliphatic carbocycles. The molecular formula is C15H18BrNO2. The third kappa shape index (κ3) is 2.21. The van der Waals surface area contributed by atoms with Crippen molar-refractivity contribution in [3.63, 3.8) is 0 Å². The maximum atomic E-state index is 12.5. The van der Waals surface area contributed by atoms with Gasteiger partial charge in [0.05, 0.1) is 6.61 Å². The predicted molar refractivity (Wildman–Crippen MR) is 77.4 cm³/mol. The number of halogens is 1. The molecule has 1 heterocycles. The normalized spacial score (nSPS) is 19.5. The molecule has 102 valence electrons. The second kappa shape index (κ2) is 4.91. The number of benzene rings is 1. The lowest BCUT2D eigenvalue weighted by molar-refractivity contribution is -0.132. The van der Waals surface area contributed by atoms with E-state index < -0.39 is 0 Å². The second-order valence-electron chi connectivity index (χ2n) is 5.59. The van der Waals surface area contributed by atoms with Gasteiger partial charge in [-0.1, -0.05) is 22.4 Å². The van der Waals surface area contributed by atoms with E-state index in [0.717, 1.165) is 48.1 Å². The average molecular weight is 324 g/mol. The summed E-state index contributed by atoms with van der Waals surface area (Å²) in [5.41, 5.74) is 7.76. The van der Waals surface area contributed by atoms with E-state index in [1.54, 1.807) is 0 Å². The molecule has 0 spiro atoms. The zero-order valence-corrected chi connectivity index (χ0v) is 12.5. The fourth-order valence-electron chi connectivity index (χ4n) is 3.04. The molecule has 1 saturated carbocycles. The molecule has 0 aromatic heterocycles. The van der Waals surface area contributed by atoms with Crippen molar-refractivity contribution in [2.75, 3.05) is 13.2 Å². The predicted octanol–water partition coefficient (Wildman–Crippen LogP) is 2.62. The number of Topliss-reactive ketones (excluding diaryl/α,β-unsaturated/α-hetero) is 1. The van der Waals surface area contributed by atoms with E-state index in [1.807, 2.05) is 6.07 Å². The second-order valence-corrected chi connectivity index (χ2v) is 6.51. The molecule has 3 rings (SSSR count). The van der Waals surface area contributed by atoms with E-state index >= 15 is 0 Å². The number of rotatable bonds is 4. The quantitative estimate of drug-likeness (QED) is 0.926. The van der Waals surface area contributed by atoms with Gasteiger partial charge in [0.2, 0.25) is 0 Å². The summed E-state index contributed by atoms with van der Waals surface area (Å²) < 4.78 is 6.70. The van der Waals surface area contributed by atoms with Crippen molar-refractivity contribution in [2.24, 2.45) is 11.1 Å². The first-order valence-electron chi connectivity index (χ1n) is 6.82. The number of hydrogen-bond donors (Lipinski definition) is 1. The van der Waals surface area contributed by atoms with Gasteiger partial charge in [0.25, 0.3) is 0 Å². The molecule has 0 amide bonds. The van der Waals surface area contributed by atoms with Crippen LogP contribution in [-0.2, 0) is 17.6 Å². The van der Waals surface area contributed by atoms with Crippen LogP contribution in [0, 0.1) is 5.41 Å². The highest BCUT2D eigenvalue weighted by molar-refractivity contribution is 9.10. The maximum Gasteiger partial charge on any atom is 0.144 e. The Kier molecular flexibility index (Phi) is 3.39. The number of carbonyl (C=O) groups is 1. The van der Waals surface area contributed by atoms with Crippen molar-refractivity contribution in [1.82, 2.24) is 0 Å². The smallest absolute Gasteiger partial charge is 0.144 e. The van der Waals surface area contributed by atoms with Crippen LogP contribution < -0.4 is 10.5 Å². The molecule has 0 bridgehead atoms. The summed E-state index contributed by atoms with van der Waals surface area (Å²) in [4.78, 5) is 12.5. The summed E-state index contributed by atoms with van der Waals surface area (Å²) in [6.45, 7) is 1.19. The van der Waals surface area contributed by atoms with Gasteiger partial charge in [-0.3, -0.25) is 4.79 Å². The monoisotopic (exact) mass is 323 g/mol. The maximum absolute atomic E-state index is 12.5. The van der Waals surface area contributed by atoms with Crippen LogP contribution in [0.4, 0.5) is 0 Å². The molecule has 2 N–H and O–H groups in total. The third-order valence-electron chi connectivity index (χ3n) is 4.47. The molecule has 1 aromatic rings. The fraction of sp³-hybridized carbons (Fsp3) is 0.533. The van der Waals surface area contributed by atoms with E-state index in [9.17, 15) is 4.79 Å². The number of carbonyl (C=O) groups excluding carboxylic acids is 1. The molecule has 1 fully saturated rings. The molecule has 3 nitrogen and oxygen atoms in total. The van der Waals surface area contributed by atoms with Crippen LogP contribution in [0.15, 0.2) is 16.6 Å². The van der Waals surface area contributed by atoms with Crippen LogP contribution in [0.5, 0.6) is 5.75 Å². The lowest BCUT2D eigenvalue weighted by Crippen LogP contribution is -2.45. The topological polar surface area (TPSA) is 52.3 Å². The highest BCUT2D eigenvalue weighted by Gasteiger charge is 2.42. The summed E-state index contributed by atoms with van der Waals surface area (Å²) in [5.74, 6) is 1.19. The SMILES string of the molecule is NCC1(C(=O)Cc2cc(Br)cc3c2OCC3)CCC1. The number of ether oxygens (including phenoxy) is 1. The molecule has 0 unspecified atom stereocenters. The lowest BCUT2D eigenvalue weighted by atomic mass is 9.65. The Labute approximate surface area is 121 Å². The molecule has 1 aromatic carbocycles. The van der Waals surface area contributed by atoms with E-state index in [-0.39, 0.29) is 11.2 Å². The van der Waals surface area contributed by atoms with Gasteiger partial charge in [0.15, 0.2) is 0 Å². The van der Waals surface area contributed by atoms with Gasteiger partial charge < -0.3 is 10.5 Å². The van der Waals surface area contributed by atoms with Gasteiger partial charge >= 0.3 is 0 Å². The molecule has 4 heteroatoms. The van der Waals surface area contributed by atoms with Crippen molar-refractivity contribution >= 4 is 21.7 Å². The Morgan fingerprint density at radius 3 is 2.84 bits per heavy atom. The van der Waals surface area contributed by atoms with Gasteiger partial charge in [0.1, 0.15) is 11.5 Å². The first kappa shape index (κ1) is 13.1. The Hall–Kier alpha value is -0.870. The molecule has 2 aliphatic rings. The minimum absolute atomic E-state index is 0.256. The van der Waals surface area contributed by atoms with Gasteiger partial charge in [-0.05, 0) is 30.5 Å². The minimum atomic E-state index is -0.256. The molecule has 19 heavy (non-hydrogen) atoms. The zero-order valence-electron chi connectivity index (χ0n) is 10.9. The summed E-state index contributed by atoms with van der Waals surface area (Å²) in [6, 6.07) is 4.09. The Balaban J connectivity index is 1.86. The van der Waals surface area contributed by atoms with Crippen LogP contribution in [-0.4, -0.2) is 18.9 Å². The number of nitrogens with two attached hydrogens (primary N) is 1. The molecule has 0 radical (unpaired) electrons. The summed E-state index contributed by atoms with van der Waals surface area (Å²) >= 11 is 3.51. The molecule has 1 aliphatic heterocycles. The molecule has 0 atom stereocenters. The first-order chi connectivity index (χ1) is 9.14. The summed E-state index contributed by atoms with van der Waals surface area (Å²) in [5, 5.41) is 0. The minimum Gasteiger partial charge on any atom is -0.493 e. The highest BCUT2D eigenvalue weighted by atomic mass is 79.9. The van der Waals surface area contributed by atoms with Crippen molar-refractivity contribution in [1.29, 1.82) is 0 Å². The van der Waals surface area contributed by atoms with Crippen molar-refractivity contribution in [2.45, 2.75) is 32.1 Å². The van der Waals surface area contributed by atoms with E-state index in [0.29, 0.717) is 13.0 Å². The van der Waals surface area contributed by atoms with Crippen LogP contribution in [0.1, 0.15) is 30.4 Å². The van der Waals surface area contributed by atoms with Gasteiger partial charge in [-0.25, -0.2) is 0 Å². The Bertz CT molecular complexity index is 518. The number of ketones is 1. The van der Waals surface area contributed by atoms with Crippen LogP contribution in [0.3, 0.4) is 0 Å². The molecule has 0 saturated heterocycles. The highest BCUT2D eigenvalue weighted by Crippen LogP contribution is 2.42. The first-order valence-corrected chi connectivity index (χ1v) is 7.61. The number of fused-ring (bicyclic) bond motifs is 1. The largest absolute Gasteiger partial charge is 0.493 e. The average Bonchev–Trinajstić information content (AvgIpc) is 2.76. The molecular weight excluding hydrogens is 306 g/mol. The Morgan fingerprint density at radius 1 is 1.42 bits per heavy atom. The van der Waals surface area contributed by atoms with Crippen molar-refractivity contribution < 1.29 is 9.53 Å². The van der Waals surface area contributed by atoms with E-state index in [4.69, 9.17) is 10.5 Å². The van der Waals surface area contributed by atoms with E-state index in [1.165, 1.54) is 5.56 Å². The number of hydrogen-bond acceptors (Lipinski definition) is 3. The zero-order chi connectivity index (χ0) is 13.5. The van der Waals surface area contributed by atoms with E-state index in [2.05, 4.69) is 22.0 Å². The van der Waals surface area contributed by atoms with Gasteiger partial charge in [0, 0.05) is 34.8 Å². The van der Waals surface area contributed by atoms with Crippen LogP contribution >= 0.6 is 15.9 Å². The van der Waals surface area contributed by atoms with Crippen LogP contribution in [0.2, 0.25) is 0 Å². The van der Waals surface area contributed by atoms with Crippen molar-refractivity contribution in [3.8, 4) is 5.75 Å². The van der Waals surface area contributed by atoms with Gasteiger partial charge in [-0.15, -0.1) is 0 Å². The lowest BCUT2D eigenvalue weighted by Gasteiger charge is -2.39. The standard InChI is InChI=1S/C15H18BrNO2/c16-12-6-10-2-5-19-14(10)11(7-12)8-13(18)15(9-17)3-1-4-15/h6-7H,1-5,8-9,17H2. The van der Waals surface area contributed by atoms with Gasteiger partial charge in [-0.2, -0.15) is 0 Å². The summed E-state index contributed by atoms with van der Waals surface area (Å²) in [7, 11) is 0. The Morgan fingerprint density at radius 2 is 2.21 bits per heavy atom. The van der Waals surface area contributed by atoms with Crippen molar-refractivity contribution in [3.05, 3.63) is 27.7 Å². The fourth-order valence-corrected chi connectivity index (χ4v) is 3.59. The van der Waals surface area contributed by atoms with Crippen LogP contribution in [0.25, 0.3) is 0 Å². The summed E-state index contributed by atoms with van der Waals surface area (Å²) in [6.07, 6.45) is 4.38. The third-order valence-corrected chi connectivity index (χ3v) is 4.93.